The lowest BCUT2D eigenvalue weighted by atomic mass is 10.00. The van der Waals surface area contributed by atoms with E-state index in [9.17, 15) is 0 Å². The molecule has 6 nitrogen and oxygen atoms in total. The normalized spacial score (nSPS) is 18.4. The Kier molecular flexibility index (Phi) is 9.76. The van der Waals surface area contributed by atoms with Crippen LogP contribution in [0.4, 0.5) is 0 Å². The van der Waals surface area contributed by atoms with Crippen LogP contribution in [0.2, 0.25) is 0 Å². The van der Waals surface area contributed by atoms with Crippen LogP contribution in [-0.4, -0.2) is 70.5 Å². The summed E-state index contributed by atoms with van der Waals surface area (Å²) in [5, 5.41) is 6.81. The highest BCUT2D eigenvalue weighted by atomic mass is 16.5. The summed E-state index contributed by atoms with van der Waals surface area (Å²) in [6.07, 6.45) is 5.56. The van der Waals surface area contributed by atoms with E-state index in [1.165, 1.54) is 17.5 Å². The standard InChI is InChI=1S/C23H38N4O2/c1-24-23(26-12-5-15-29-19-20-9-16-28-17-10-20)25-11-4-13-27-14-8-21-6-2-3-7-22(21)18-27/h2-3,6-7,20H,4-5,8-19H2,1H3,(H2,24,25,26). The Bertz CT molecular complexity index is 617. The lowest BCUT2D eigenvalue weighted by Crippen LogP contribution is -2.40. The molecule has 0 radical (unpaired) electrons. The monoisotopic (exact) mass is 402 g/mol. The first-order chi connectivity index (χ1) is 14.3. The second-order valence-electron chi connectivity index (χ2n) is 8.06. The fourth-order valence-corrected chi connectivity index (χ4v) is 4.02. The molecule has 0 aromatic heterocycles. The molecule has 29 heavy (non-hydrogen) atoms. The Morgan fingerprint density at radius 2 is 1.90 bits per heavy atom. The molecule has 1 fully saturated rings. The molecule has 0 spiro atoms. The van der Waals surface area contributed by atoms with Crippen molar-refractivity contribution in [2.75, 3.05) is 59.7 Å². The van der Waals surface area contributed by atoms with Crippen LogP contribution in [0.25, 0.3) is 0 Å². The van der Waals surface area contributed by atoms with Crippen molar-refractivity contribution >= 4 is 5.96 Å². The largest absolute Gasteiger partial charge is 0.381 e. The van der Waals surface area contributed by atoms with Crippen molar-refractivity contribution in [3.8, 4) is 0 Å². The van der Waals surface area contributed by atoms with Crippen molar-refractivity contribution in [1.82, 2.24) is 15.5 Å². The molecule has 2 aliphatic heterocycles. The molecule has 0 aliphatic carbocycles. The summed E-state index contributed by atoms with van der Waals surface area (Å²) >= 11 is 0. The molecule has 2 N–H and O–H groups in total. The van der Waals surface area contributed by atoms with Crippen LogP contribution in [0.15, 0.2) is 29.3 Å². The van der Waals surface area contributed by atoms with Crippen molar-refractivity contribution in [1.29, 1.82) is 0 Å². The lowest BCUT2D eigenvalue weighted by Gasteiger charge is -2.28. The van der Waals surface area contributed by atoms with Crippen molar-refractivity contribution in [3.63, 3.8) is 0 Å². The molecule has 1 aromatic rings. The van der Waals surface area contributed by atoms with E-state index in [2.05, 4.69) is 44.8 Å². The summed E-state index contributed by atoms with van der Waals surface area (Å²) in [4.78, 5) is 6.87. The number of fused-ring (bicyclic) bond motifs is 1. The second-order valence-corrected chi connectivity index (χ2v) is 8.06. The number of hydrogen-bond donors (Lipinski definition) is 2. The molecule has 0 bridgehead atoms. The smallest absolute Gasteiger partial charge is 0.190 e. The molecule has 0 unspecified atom stereocenters. The van der Waals surface area contributed by atoms with Gasteiger partial charge in [0, 0.05) is 66.2 Å². The fourth-order valence-electron chi connectivity index (χ4n) is 4.02. The molecular formula is C23H38N4O2. The predicted molar refractivity (Wildman–Crippen MR) is 118 cm³/mol. The number of ether oxygens (including phenoxy) is 2. The Hall–Kier alpha value is -1.63. The number of aliphatic imine (C=N–C) groups is 1. The third-order valence-electron chi connectivity index (χ3n) is 5.83. The zero-order chi connectivity index (χ0) is 20.2. The van der Waals surface area contributed by atoms with E-state index < -0.39 is 0 Å². The van der Waals surface area contributed by atoms with Crippen molar-refractivity contribution in [3.05, 3.63) is 35.4 Å². The first-order valence-electron chi connectivity index (χ1n) is 11.2. The molecule has 0 atom stereocenters. The molecule has 3 rings (SSSR count). The van der Waals surface area contributed by atoms with Gasteiger partial charge in [-0.3, -0.25) is 9.89 Å². The van der Waals surface area contributed by atoms with Gasteiger partial charge in [-0.1, -0.05) is 24.3 Å². The number of benzene rings is 1. The van der Waals surface area contributed by atoms with Crippen LogP contribution in [0, 0.1) is 5.92 Å². The van der Waals surface area contributed by atoms with Crippen molar-refractivity contribution < 1.29 is 9.47 Å². The molecule has 0 saturated carbocycles. The van der Waals surface area contributed by atoms with E-state index in [0.717, 1.165) is 90.8 Å². The Labute approximate surface area is 176 Å². The van der Waals surface area contributed by atoms with E-state index in [1.807, 2.05) is 7.05 Å². The highest BCUT2D eigenvalue weighted by Gasteiger charge is 2.15. The predicted octanol–water partition coefficient (Wildman–Crippen LogP) is 2.43. The molecule has 6 heteroatoms. The Balaban J connectivity index is 1.19. The van der Waals surface area contributed by atoms with E-state index in [4.69, 9.17) is 9.47 Å². The number of nitrogens with one attached hydrogen (secondary N) is 2. The van der Waals surface area contributed by atoms with Gasteiger partial charge in [0.05, 0.1) is 0 Å². The average molecular weight is 403 g/mol. The summed E-state index contributed by atoms with van der Waals surface area (Å²) < 4.78 is 11.2. The minimum Gasteiger partial charge on any atom is -0.381 e. The summed E-state index contributed by atoms with van der Waals surface area (Å²) in [7, 11) is 1.83. The first kappa shape index (κ1) is 22.1. The number of rotatable bonds is 10. The average Bonchev–Trinajstić information content (AvgIpc) is 2.78. The maximum Gasteiger partial charge on any atom is 0.190 e. The molecular weight excluding hydrogens is 364 g/mol. The van der Waals surface area contributed by atoms with Gasteiger partial charge in [-0.05, 0) is 49.1 Å². The van der Waals surface area contributed by atoms with E-state index in [0.29, 0.717) is 5.92 Å². The number of nitrogens with zero attached hydrogens (tertiary/aromatic N) is 2. The van der Waals surface area contributed by atoms with Gasteiger partial charge in [0.2, 0.25) is 0 Å². The topological polar surface area (TPSA) is 58.1 Å². The van der Waals surface area contributed by atoms with Crippen molar-refractivity contribution in [2.45, 2.75) is 38.6 Å². The van der Waals surface area contributed by atoms with E-state index >= 15 is 0 Å². The van der Waals surface area contributed by atoms with Gasteiger partial charge < -0.3 is 20.1 Å². The Morgan fingerprint density at radius 3 is 2.69 bits per heavy atom. The van der Waals surface area contributed by atoms with E-state index in [-0.39, 0.29) is 0 Å². The zero-order valence-electron chi connectivity index (χ0n) is 18.0. The highest BCUT2D eigenvalue weighted by molar-refractivity contribution is 5.79. The van der Waals surface area contributed by atoms with Crippen LogP contribution in [0.5, 0.6) is 0 Å². The summed E-state index contributed by atoms with van der Waals surface area (Å²) in [6, 6.07) is 8.82. The van der Waals surface area contributed by atoms with E-state index in [1.54, 1.807) is 0 Å². The molecule has 0 amide bonds. The van der Waals surface area contributed by atoms with Crippen LogP contribution < -0.4 is 10.6 Å². The number of guanidine groups is 1. The van der Waals surface area contributed by atoms with Gasteiger partial charge in [-0.2, -0.15) is 0 Å². The third kappa shape index (κ3) is 7.96. The zero-order valence-corrected chi connectivity index (χ0v) is 18.0. The van der Waals surface area contributed by atoms with Gasteiger partial charge in [0.1, 0.15) is 0 Å². The molecule has 1 saturated heterocycles. The number of hydrogen-bond acceptors (Lipinski definition) is 4. The molecule has 2 aliphatic rings. The van der Waals surface area contributed by atoms with Gasteiger partial charge in [-0.25, -0.2) is 0 Å². The minimum absolute atomic E-state index is 0.680. The molecule has 1 aromatic carbocycles. The minimum atomic E-state index is 0.680. The van der Waals surface area contributed by atoms with Crippen LogP contribution in [-0.2, 0) is 22.4 Å². The first-order valence-corrected chi connectivity index (χ1v) is 11.2. The Morgan fingerprint density at radius 1 is 1.14 bits per heavy atom. The fraction of sp³-hybridized carbons (Fsp3) is 0.696. The lowest BCUT2D eigenvalue weighted by molar-refractivity contribution is 0.0203. The van der Waals surface area contributed by atoms with Gasteiger partial charge in [0.25, 0.3) is 0 Å². The second kappa shape index (κ2) is 12.8. The summed E-state index contributed by atoms with van der Waals surface area (Å²) in [5.41, 5.74) is 3.01. The third-order valence-corrected chi connectivity index (χ3v) is 5.83. The summed E-state index contributed by atoms with van der Waals surface area (Å²) in [5.74, 6) is 1.57. The van der Waals surface area contributed by atoms with Crippen LogP contribution in [0.3, 0.4) is 0 Å². The molecule has 2 heterocycles. The summed E-state index contributed by atoms with van der Waals surface area (Å²) in [6.45, 7) is 8.65. The highest BCUT2D eigenvalue weighted by Crippen LogP contribution is 2.18. The SMILES string of the molecule is CN=C(NCCCOCC1CCOCC1)NCCCN1CCc2ccccc2C1. The van der Waals surface area contributed by atoms with Gasteiger partial charge in [0.15, 0.2) is 5.96 Å². The maximum atomic E-state index is 5.82. The molecule has 162 valence electrons. The van der Waals surface area contributed by atoms with Crippen molar-refractivity contribution in [2.24, 2.45) is 10.9 Å². The quantitative estimate of drug-likeness (QED) is 0.358. The van der Waals surface area contributed by atoms with Gasteiger partial charge in [-0.15, -0.1) is 0 Å². The van der Waals surface area contributed by atoms with Gasteiger partial charge >= 0.3 is 0 Å². The van der Waals surface area contributed by atoms with Crippen LogP contribution >= 0.6 is 0 Å². The maximum absolute atomic E-state index is 5.82. The van der Waals surface area contributed by atoms with Crippen LogP contribution in [0.1, 0.15) is 36.8 Å².